The fourth-order valence-electron chi connectivity index (χ4n) is 2.37. The lowest BCUT2D eigenvalue weighted by Crippen LogP contribution is -2.12. The molecule has 0 aliphatic heterocycles. The highest BCUT2D eigenvalue weighted by molar-refractivity contribution is 5.71. The predicted molar refractivity (Wildman–Crippen MR) is 92.2 cm³/mol. The van der Waals surface area contributed by atoms with Crippen LogP contribution in [0.25, 0.3) is 0 Å². The molecule has 2 N–H and O–H groups in total. The van der Waals surface area contributed by atoms with Crippen molar-refractivity contribution in [2.45, 2.75) is 25.2 Å². The van der Waals surface area contributed by atoms with Gasteiger partial charge in [-0.05, 0) is 17.2 Å². The number of alkyl halides is 6. The van der Waals surface area contributed by atoms with E-state index in [1.165, 1.54) is 12.1 Å². The van der Waals surface area contributed by atoms with Crippen molar-refractivity contribution >= 4 is 17.6 Å². The second kappa shape index (κ2) is 9.91. The van der Waals surface area contributed by atoms with Crippen molar-refractivity contribution < 1.29 is 51.1 Å². The maximum absolute atomic E-state index is 12.5. The average molecular weight is 453 g/mol. The molecule has 7 nitrogen and oxygen atoms in total. The van der Waals surface area contributed by atoms with Crippen molar-refractivity contribution in [3.8, 4) is 0 Å². The van der Waals surface area contributed by atoms with Crippen LogP contribution in [-0.4, -0.2) is 27.1 Å². The number of carbonyl (C=O) groups is 2. The van der Waals surface area contributed by atoms with Gasteiger partial charge in [0.1, 0.15) is 0 Å². The molecule has 0 aromatic heterocycles. The van der Waals surface area contributed by atoms with E-state index in [9.17, 15) is 46.0 Å². The van der Waals surface area contributed by atoms with Gasteiger partial charge in [0.15, 0.2) is 0 Å². The smallest absolute Gasteiger partial charge is 0.416 e. The molecule has 31 heavy (non-hydrogen) atoms. The number of halogens is 6. The number of benzene rings is 2. The van der Waals surface area contributed by atoms with E-state index in [-0.39, 0.29) is 5.56 Å². The van der Waals surface area contributed by atoms with Crippen molar-refractivity contribution in [3.05, 3.63) is 74.8 Å². The van der Waals surface area contributed by atoms with Crippen molar-refractivity contribution in [3.63, 3.8) is 0 Å². The summed E-state index contributed by atoms with van der Waals surface area (Å²) >= 11 is 0. The molecule has 0 saturated heterocycles. The topological polar surface area (TPSA) is 118 Å². The maximum Gasteiger partial charge on any atom is 0.416 e. The lowest BCUT2D eigenvalue weighted by atomic mass is 10.0. The fraction of sp³-hybridized carbons (Fsp3) is 0.222. The first-order chi connectivity index (χ1) is 14.1. The molecular formula is C18H13F6NO6. The molecular weight excluding hydrogens is 440 g/mol. The normalized spacial score (nSPS) is 11.3. The Morgan fingerprint density at radius 2 is 1.26 bits per heavy atom. The van der Waals surface area contributed by atoms with Crippen LogP contribution in [0.4, 0.5) is 32.0 Å². The summed E-state index contributed by atoms with van der Waals surface area (Å²) < 4.78 is 74.5. The SMILES string of the molecule is O=C(O)Cc1ccc([N+](=O)[O-])cc1C(F)(F)F.O=C(O)Cc1ccccc1C(F)(F)F. The highest BCUT2D eigenvalue weighted by atomic mass is 19.4. The summed E-state index contributed by atoms with van der Waals surface area (Å²) in [6.45, 7) is 0. The van der Waals surface area contributed by atoms with E-state index < -0.39 is 64.4 Å². The lowest BCUT2D eigenvalue weighted by molar-refractivity contribution is -0.385. The van der Waals surface area contributed by atoms with Crippen LogP contribution in [0, 0.1) is 10.1 Å². The number of nitro groups is 1. The minimum absolute atomic E-state index is 0.215. The van der Waals surface area contributed by atoms with Gasteiger partial charge in [0, 0.05) is 12.1 Å². The Balaban J connectivity index is 0.000000316. The Labute approximate surface area is 169 Å². The van der Waals surface area contributed by atoms with Gasteiger partial charge >= 0.3 is 24.3 Å². The van der Waals surface area contributed by atoms with Gasteiger partial charge in [-0.3, -0.25) is 19.7 Å². The van der Waals surface area contributed by atoms with Crippen molar-refractivity contribution in [2.24, 2.45) is 0 Å². The van der Waals surface area contributed by atoms with Gasteiger partial charge in [0.25, 0.3) is 5.69 Å². The highest BCUT2D eigenvalue weighted by Crippen LogP contribution is 2.34. The summed E-state index contributed by atoms with van der Waals surface area (Å²) in [6, 6.07) is 6.62. The third kappa shape index (κ3) is 7.95. The summed E-state index contributed by atoms with van der Waals surface area (Å²) in [4.78, 5) is 30.0. The molecule has 2 rings (SSSR count). The molecule has 0 bridgehead atoms. The first kappa shape index (κ1) is 25.4. The Morgan fingerprint density at radius 3 is 1.68 bits per heavy atom. The first-order valence-corrected chi connectivity index (χ1v) is 8.06. The molecule has 0 aliphatic carbocycles. The Bertz CT molecular complexity index is 971. The molecule has 0 spiro atoms. The zero-order chi connectivity index (χ0) is 24.0. The standard InChI is InChI=1S/C9H6F3NO4.C9H7F3O2/c10-9(11,12)7-4-6(13(16)17)2-1-5(7)3-8(14)15;10-9(11,12)7-4-2-1-3-6(7)5-8(13)14/h1-2,4H,3H2,(H,14,15);1-4H,5H2,(H,13,14). The van der Waals surface area contributed by atoms with E-state index in [0.717, 1.165) is 24.3 Å². The second-order valence-electron chi connectivity index (χ2n) is 5.89. The quantitative estimate of drug-likeness (QED) is 0.389. The van der Waals surface area contributed by atoms with Gasteiger partial charge in [-0.15, -0.1) is 0 Å². The number of nitrogens with zero attached hydrogens (tertiary/aromatic N) is 1. The third-order valence-corrected chi connectivity index (χ3v) is 3.62. The van der Waals surface area contributed by atoms with Crippen molar-refractivity contribution in [1.82, 2.24) is 0 Å². The minimum atomic E-state index is -4.82. The van der Waals surface area contributed by atoms with Crippen LogP contribution in [0.3, 0.4) is 0 Å². The van der Waals surface area contributed by atoms with Gasteiger partial charge in [-0.25, -0.2) is 0 Å². The molecule has 0 saturated carbocycles. The first-order valence-electron chi connectivity index (χ1n) is 8.06. The summed E-state index contributed by atoms with van der Waals surface area (Å²) in [5, 5.41) is 27.2. The van der Waals surface area contributed by atoms with Crippen LogP contribution in [0.5, 0.6) is 0 Å². The summed E-state index contributed by atoms with van der Waals surface area (Å²) in [5.74, 6) is -2.72. The molecule has 0 heterocycles. The Morgan fingerprint density at radius 1 is 0.806 bits per heavy atom. The maximum atomic E-state index is 12.5. The monoisotopic (exact) mass is 453 g/mol. The molecule has 0 amide bonds. The van der Waals surface area contributed by atoms with Gasteiger partial charge < -0.3 is 10.2 Å². The zero-order valence-electron chi connectivity index (χ0n) is 15.2. The number of carboxylic acid groups (broad SMARTS) is 2. The van der Waals surface area contributed by atoms with Gasteiger partial charge in [0.05, 0.1) is 28.9 Å². The van der Waals surface area contributed by atoms with Crippen molar-refractivity contribution in [2.75, 3.05) is 0 Å². The van der Waals surface area contributed by atoms with Gasteiger partial charge in [0.2, 0.25) is 0 Å². The molecule has 2 aromatic carbocycles. The van der Waals surface area contributed by atoms with E-state index in [0.29, 0.717) is 6.07 Å². The molecule has 0 unspecified atom stereocenters. The molecule has 13 heteroatoms. The van der Waals surface area contributed by atoms with E-state index in [1.807, 2.05) is 0 Å². The Hall–Kier alpha value is -3.64. The van der Waals surface area contributed by atoms with Crippen LogP contribution in [-0.2, 0) is 34.8 Å². The third-order valence-electron chi connectivity index (χ3n) is 3.62. The largest absolute Gasteiger partial charge is 0.481 e. The molecule has 0 fully saturated rings. The molecule has 0 radical (unpaired) electrons. The number of rotatable bonds is 5. The molecule has 0 atom stereocenters. The molecule has 2 aromatic rings. The van der Waals surface area contributed by atoms with Crippen LogP contribution < -0.4 is 0 Å². The van der Waals surface area contributed by atoms with E-state index >= 15 is 0 Å². The Kier molecular flexibility index (Phi) is 8.12. The summed E-state index contributed by atoms with van der Waals surface area (Å²) in [6.07, 6.45) is -10.8. The highest BCUT2D eigenvalue weighted by Gasteiger charge is 2.35. The minimum Gasteiger partial charge on any atom is -0.481 e. The van der Waals surface area contributed by atoms with Crippen LogP contribution in [0.1, 0.15) is 22.3 Å². The summed E-state index contributed by atoms with van der Waals surface area (Å²) in [7, 11) is 0. The van der Waals surface area contributed by atoms with E-state index in [4.69, 9.17) is 10.2 Å². The summed E-state index contributed by atoms with van der Waals surface area (Å²) in [5.41, 5.74) is -3.63. The second-order valence-corrected chi connectivity index (χ2v) is 5.89. The van der Waals surface area contributed by atoms with Crippen LogP contribution in [0.15, 0.2) is 42.5 Å². The van der Waals surface area contributed by atoms with Gasteiger partial charge in [-0.1, -0.05) is 24.3 Å². The van der Waals surface area contributed by atoms with Crippen LogP contribution >= 0.6 is 0 Å². The average Bonchev–Trinajstić information content (AvgIpc) is 2.60. The number of hydrogen-bond acceptors (Lipinski definition) is 4. The van der Waals surface area contributed by atoms with Crippen molar-refractivity contribution in [1.29, 1.82) is 0 Å². The number of hydrogen-bond donors (Lipinski definition) is 2. The molecule has 0 aliphatic rings. The van der Waals surface area contributed by atoms with E-state index in [1.54, 1.807) is 0 Å². The van der Waals surface area contributed by atoms with Gasteiger partial charge in [-0.2, -0.15) is 26.3 Å². The zero-order valence-corrected chi connectivity index (χ0v) is 15.2. The lowest BCUT2D eigenvalue weighted by Gasteiger charge is -2.10. The number of non-ortho nitro benzene ring substituents is 1. The number of aliphatic carboxylic acids is 2. The van der Waals surface area contributed by atoms with Crippen LogP contribution in [0.2, 0.25) is 0 Å². The fourth-order valence-corrected chi connectivity index (χ4v) is 2.37. The van der Waals surface area contributed by atoms with E-state index in [2.05, 4.69) is 0 Å². The predicted octanol–water partition coefficient (Wildman–Crippen LogP) is 4.57. The number of carboxylic acids is 2. The molecule has 168 valence electrons. The number of nitro benzene ring substituents is 1.